The molecule has 3 unspecified atom stereocenters. The molecule has 18 heavy (non-hydrogen) atoms. The molecule has 1 aliphatic rings. The van der Waals surface area contributed by atoms with Crippen molar-refractivity contribution in [2.45, 2.75) is 52.5 Å². The van der Waals surface area contributed by atoms with Crippen LogP contribution >= 0.6 is 12.2 Å². The van der Waals surface area contributed by atoms with E-state index in [4.69, 9.17) is 17.0 Å². The molecule has 0 radical (unpaired) electrons. The molecule has 1 rings (SSSR count). The van der Waals surface area contributed by atoms with Gasteiger partial charge in [-0.1, -0.05) is 13.8 Å². The fourth-order valence-electron chi connectivity index (χ4n) is 2.62. The van der Waals surface area contributed by atoms with E-state index in [-0.39, 0.29) is 0 Å². The molecule has 0 aromatic rings. The molecule has 3 nitrogen and oxygen atoms in total. The zero-order chi connectivity index (χ0) is 13.4. The summed E-state index contributed by atoms with van der Waals surface area (Å²) in [6.07, 6.45) is 4.87. The van der Waals surface area contributed by atoms with Crippen molar-refractivity contribution >= 4 is 17.3 Å². The highest BCUT2D eigenvalue weighted by atomic mass is 32.1. The van der Waals surface area contributed by atoms with Crippen molar-refractivity contribution in [3.63, 3.8) is 0 Å². The molecule has 0 bridgehead atoms. The predicted molar refractivity (Wildman–Crippen MR) is 80.8 cm³/mol. The fourth-order valence-corrected chi connectivity index (χ4v) is 2.87. The maximum Gasteiger partial charge on any atom is 0.166 e. The van der Waals surface area contributed by atoms with Crippen molar-refractivity contribution < 1.29 is 4.74 Å². The van der Waals surface area contributed by atoms with Crippen LogP contribution in [-0.2, 0) is 4.74 Å². The average molecular weight is 272 g/mol. The third kappa shape index (κ3) is 6.01. The first-order chi connectivity index (χ1) is 8.63. The highest BCUT2D eigenvalue weighted by Gasteiger charge is 2.25. The number of thiocarbonyl (C=S) groups is 1. The summed E-state index contributed by atoms with van der Waals surface area (Å²) >= 11 is 5.33. The Morgan fingerprint density at radius 1 is 1.33 bits per heavy atom. The van der Waals surface area contributed by atoms with Crippen molar-refractivity contribution in [1.82, 2.24) is 10.6 Å². The first-order valence-corrected chi connectivity index (χ1v) is 7.66. The minimum atomic E-state index is 0.549. The molecular weight excluding hydrogens is 244 g/mol. The first kappa shape index (κ1) is 15.7. The summed E-state index contributed by atoms with van der Waals surface area (Å²) in [5.74, 6) is 1.59. The lowest BCUT2D eigenvalue weighted by Crippen LogP contribution is -2.47. The topological polar surface area (TPSA) is 33.3 Å². The van der Waals surface area contributed by atoms with E-state index in [9.17, 15) is 0 Å². The maximum atomic E-state index is 5.33. The van der Waals surface area contributed by atoms with Gasteiger partial charge in [0.25, 0.3) is 0 Å². The van der Waals surface area contributed by atoms with Crippen molar-refractivity contribution in [1.29, 1.82) is 0 Å². The van der Waals surface area contributed by atoms with E-state index in [1.807, 2.05) is 6.92 Å². The molecule has 1 saturated carbocycles. The Morgan fingerprint density at radius 3 is 2.78 bits per heavy atom. The molecule has 0 aliphatic heterocycles. The van der Waals surface area contributed by atoms with E-state index >= 15 is 0 Å². The molecule has 2 N–H and O–H groups in total. The minimum absolute atomic E-state index is 0.549. The first-order valence-electron chi connectivity index (χ1n) is 7.25. The quantitative estimate of drug-likeness (QED) is 0.575. The standard InChI is InChI=1S/C14H28N2OS/c1-4-17-9-5-8-15-14(18)16-13-7-6-11(2)10-12(13)3/h11-13H,4-10H2,1-3H3,(H2,15,16,18). The van der Waals surface area contributed by atoms with Crippen LogP contribution in [0.5, 0.6) is 0 Å². The Kier molecular flexibility index (Phi) is 7.59. The lowest BCUT2D eigenvalue weighted by molar-refractivity contribution is 0.145. The van der Waals surface area contributed by atoms with E-state index < -0.39 is 0 Å². The molecule has 1 aliphatic carbocycles. The van der Waals surface area contributed by atoms with Gasteiger partial charge in [-0.05, 0) is 56.7 Å². The third-order valence-electron chi connectivity index (χ3n) is 3.70. The van der Waals surface area contributed by atoms with Crippen LogP contribution in [0.1, 0.15) is 46.5 Å². The smallest absolute Gasteiger partial charge is 0.166 e. The molecule has 0 spiro atoms. The Morgan fingerprint density at radius 2 is 2.11 bits per heavy atom. The fraction of sp³-hybridized carbons (Fsp3) is 0.929. The SMILES string of the molecule is CCOCCCNC(=S)NC1CCC(C)CC1C. The minimum Gasteiger partial charge on any atom is -0.382 e. The van der Waals surface area contributed by atoms with Gasteiger partial charge < -0.3 is 15.4 Å². The van der Waals surface area contributed by atoms with Gasteiger partial charge in [-0.25, -0.2) is 0 Å². The molecule has 0 aromatic heterocycles. The molecule has 1 fully saturated rings. The lowest BCUT2D eigenvalue weighted by Gasteiger charge is -2.33. The molecular formula is C14H28N2OS. The van der Waals surface area contributed by atoms with Crippen LogP contribution in [-0.4, -0.2) is 30.9 Å². The Balaban J connectivity index is 2.12. The molecule has 0 heterocycles. The van der Waals surface area contributed by atoms with Crippen LogP contribution in [0.15, 0.2) is 0 Å². The summed E-state index contributed by atoms with van der Waals surface area (Å²) in [4.78, 5) is 0. The largest absolute Gasteiger partial charge is 0.382 e. The summed E-state index contributed by atoms with van der Waals surface area (Å²) in [5.41, 5.74) is 0. The van der Waals surface area contributed by atoms with Crippen molar-refractivity contribution in [2.75, 3.05) is 19.8 Å². The van der Waals surface area contributed by atoms with E-state index in [1.165, 1.54) is 19.3 Å². The summed E-state index contributed by atoms with van der Waals surface area (Å²) in [7, 11) is 0. The zero-order valence-electron chi connectivity index (χ0n) is 12.0. The van der Waals surface area contributed by atoms with Gasteiger partial charge in [0.05, 0.1) is 0 Å². The van der Waals surface area contributed by atoms with E-state index in [2.05, 4.69) is 24.5 Å². The number of ether oxygens (including phenoxy) is 1. The Bertz CT molecular complexity index is 248. The van der Waals surface area contributed by atoms with Crippen LogP contribution < -0.4 is 10.6 Å². The molecule has 3 atom stereocenters. The van der Waals surface area contributed by atoms with E-state index in [0.717, 1.165) is 43.1 Å². The molecule has 0 saturated heterocycles. The van der Waals surface area contributed by atoms with Crippen molar-refractivity contribution in [2.24, 2.45) is 11.8 Å². The van der Waals surface area contributed by atoms with Gasteiger partial charge in [0.2, 0.25) is 0 Å². The predicted octanol–water partition coefficient (Wildman–Crippen LogP) is 2.70. The van der Waals surface area contributed by atoms with Crippen LogP contribution in [0.3, 0.4) is 0 Å². The second-order valence-electron chi connectivity index (χ2n) is 5.45. The summed E-state index contributed by atoms with van der Waals surface area (Å²) in [6, 6.07) is 0.549. The second-order valence-corrected chi connectivity index (χ2v) is 5.86. The van der Waals surface area contributed by atoms with Crippen molar-refractivity contribution in [3.8, 4) is 0 Å². The number of rotatable bonds is 6. The normalized spacial score (nSPS) is 27.8. The molecule has 4 heteroatoms. The van der Waals surface area contributed by atoms with Crippen LogP contribution in [0.25, 0.3) is 0 Å². The Hall–Kier alpha value is -0.350. The number of hydrogen-bond donors (Lipinski definition) is 2. The van der Waals surface area contributed by atoms with Gasteiger partial charge in [0, 0.05) is 25.8 Å². The summed E-state index contributed by atoms with van der Waals surface area (Å²) in [5, 5.41) is 7.52. The van der Waals surface area contributed by atoms with Crippen LogP contribution in [0.2, 0.25) is 0 Å². The van der Waals surface area contributed by atoms with Gasteiger partial charge in [-0.15, -0.1) is 0 Å². The number of nitrogens with one attached hydrogen (secondary N) is 2. The van der Waals surface area contributed by atoms with Crippen molar-refractivity contribution in [3.05, 3.63) is 0 Å². The Labute approximate surface area is 117 Å². The van der Waals surface area contributed by atoms with Gasteiger partial charge in [0.1, 0.15) is 0 Å². The third-order valence-corrected chi connectivity index (χ3v) is 3.97. The van der Waals surface area contributed by atoms with Gasteiger partial charge in [-0.2, -0.15) is 0 Å². The van der Waals surface area contributed by atoms with Gasteiger partial charge >= 0.3 is 0 Å². The monoisotopic (exact) mass is 272 g/mol. The number of hydrogen-bond acceptors (Lipinski definition) is 2. The lowest BCUT2D eigenvalue weighted by atomic mass is 9.80. The molecule has 106 valence electrons. The van der Waals surface area contributed by atoms with E-state index in [1.54, 1.807) is 0 Å². The second kappa shape index (κ2) is 8.70. The molecule has 0 amide bonds. The summed E-state index contributed by atoms with van der Waals surface area (Å²) < 4.78 is 5.29. The average Bonchev–Trinajstić information content (AvgIpc) is 2.32. The zero-order valence-corrected chi connectivity index (χ0v) is 12.8. The van der Waals surface area contributed by atoms with Gasteiger partial charge in [-0.3, -0.25) is 0 Å². The van der Waals surface area contributed by atoms with Gasteiger partial charge in [0.15, 0.2) is 5.11 Å². The summed E-state index contributed by atoms with van der Waals surface area (Å²) in [6.45, 7) is 9.18. The maximum absolute atomic E-state index is 5.33. The highest BCUT2D eigenvalue weighted by Crippen LogP contribution is 2.28. The van der Waals surface area contributed by atoms with E-state index in [0.29, 0.717) is 6.04 Å². The molecule has 0 aromatic carbocycles. The van der Waals surface area contributed by atoms with Crippen LogP contribution in [0.4, 0.5) is 0 Å². The highest BCUT2D eigenvalue weighted by molar-refractivity contribution is 7.80. The van der Waals surface area contributed by atoms with Crippen LogP contribution in [0, 0.1) is 11.8 Å².